The first kappa shape index (κ1) is 16.1. The molecule has 0 N–H and O–H groups in total. The summed E-state index contributed by atoms with van der Waals surface area (Å²) in [7, 11) is 1.59. The molecular formula is C18H19NO6. The molecule has 7 heteroatoms. The number of hydrogen-bond acceptors (Lipinski definition) is 6. The van der Waals surface area contributed by atoms with Crippen molar-refractivity contribution in [3.63, 3.8) is 0 Å². The van der Waals surface area contributed by atoms with Gasteiger partial charge in [0.15, 0.2) is 6.29 Å². The lowest BCUT2D eigenvalue weighted by atomic mass is 10.1. The highest BCUT2D eigenvalue weighted by atomic mass is 16.7. The monoisotopic (exact) mass is 345 g/mol. The van der Waals surface area contributed by atoms with Gasteiger partial charge in [0.25, 0.3) is 5.91 Å². The molecule has 1 aliphatic carbocycles. The molecule has 1 spiro atoms. The molecule has 0 unspecified atom stereocenters. The van der Waals surface area contributed by atoms with Gasteiger partial charge >= 0.3 is 6.09 Å². The van der Waals surface area contributed by atoms with Crippen LogP contribution in [0, 0.1) is 0 Å². The van der Waals surface area contributed by atoms with Crippen LogP contribution in [0.1, 0.15) is 30.3 Å². The van der Waals surface area contributed by atoms with E-state index in [1.165, 1.54) is 11.0 Å². The van der Waals surface area contributed by atoms with E-state index in [4.69, 9.17) is 18.9 Å². The van der Waals surface area contributed by atoms with Gasteiger partial charge in [0.05, 0.1) is 25.9 Å². The van der Waals surface area contributed by atoms with Crippen molar-refractivity contribution in [3.8, 4) is 5.75 Å². The van der Waals surface area contributed by atoms with Crippen LogP contribution in [0.3, 0.4) is 0 Å². The highest BCUT2D eigenvalue weighted by Gasteiger charge is 2.58. The first-order valence-corrected chi connectivity index (χ1v) is 8.23. The van der Waals surface area contributed by atoms with Crippen LogP contribution >= 0.6 is 0 Å². The Kier molecular flexibility index (Phi) is 3.97. The quantitative estimate of drug-likeness (QED) is 0.780. The van der Waals surface area contributed by atoms with Crippen LogP contribution in [0.25, 0.3) is 6.08 Å². The average Bonchev–Trinajstić information content (AvgIpc) is 3.05. The highest BCUT2D eigenvalue weighted by Crippen LogP contribution is 2.46. The molecule has 3 aliphatic rings. The number of methoxy groups -OCH3 is 1. The van der Waals surface area contributed by atoms with Gasteiger partial charge in [-0.3, -0.25) is 4.79 Å². The maximum absolute atomic E-state index is 12.5. The molecule has 2 aliphatic heterocycles. The van der Waals surface area contributed by atoms with E-state index in [0.717, 1.165) is 24.0 Å². The summed E-state index contributed by atoms with van der Waals surface area (Å²) >= 11 is 0. The van der Waals surface area contributed by atoms with Crippen LogP contribution in [-0.4, -0.2) is 49.4 Å². The van der Waals surface area contributed by atoms with Crippen molar-refractivity contribution in [2.75, 3.05) is 26.9 Å². The number of benzene rings is 1. The second-order valence-electron chi connectivity index (χ2n) is 6.35. The Morgan fingerprint density at radius 3 is 2.76 bits per heavy atom. The maximum atomic E-state index is 12.5. The molecule has 0 aromatic heterocycles. The van der Waals surface area contributed by atoms with E-state index in [1.54, 1.807) is 19.3 Å². The van der Waals surface area contributed by atoms with Crippen molar-refractivity contribution in [2.24, 2.45) is 0 Å². The molecule has 4 rings (SSSR count). The molecule has 0 radical (unpaired) electrons. The summed E-state index contributed by atoms with van der Waals surface area (Å²) in [4.78, 5) is 25.6. The fraction of sp³-hybridized carbons (Fsp3) is 0.444. The summed E-state index contributed by atoms with van der Waals surface area (Å²) in [6.07, 6.45) is 3.61. The van der Waals surface area contributed by atoms with Crippen molar-refractivity contribution in [1.82, 2.24) is 4.90 Å². The third kappa shape index (κ3) is 2.89. The molecule has 3 fully saturated rings. The number of amides is 2. The van der Waals surface area contributed by atoms with Crippen LogP contribution in [0.5, 0.6) is 5.75 Å². The van der Waals surface area contributed by atoms with Gasteiger partial charge < -0.3 is 18.9 Å². The second-order valence-corrected chi connectivity index (χ2v) is 6.35. The minimum absolute atomic E-state index is 0.295. The minimum Gasteiger partial charge on any atom is -0.497 e. The zero-order valence-corrected chi connectivity index (χ0v) is 13.9. The number of carbonyl (C=O) groups is 2. The van der Waals surface area contributed by atoms with Gasteiger partial charge in [-0.05, 0) is 36.6 Å². The molecule has 25 heavy (non-hydrogen) atoms. The van der Waals surface area contributed by atoms with Gasteiger partial charge in [-0.15, -0.1) is 0 Å². The van der Waals surface area contributed by atoms with E-state index < -0.39 is 17.9 Å². The molecular weight excluding hydrogens is 326 g/mol. The van der Waals surface area contributed by atoms with Gasteiger partial charge in [-0.25, -0.2) is 9.69 Å². The first-order valence-electron chi connectivity index (χ1n) is 8.23. The summed E-state index contributed by atoms with van der Waals surface area (Å²) in [6.45, 7) is 1.33. The van der Waals surface area contributed by atoms with E-state index >= 15 is 0 Å². The van der Waals surface area contributed by atoms with E-state index in [9.17, 15) is 9.59 Å². The SMILES string of the molecule is COc1ccc(/C=C/C(=O)N2C(=O)OCC23CC3)c(C2OCCO2)c1. The molecule has 7 nitrogen and oxygen atoms in total. The van der Waals surface area contributed by atoms with Crippen molar-refractivity contribution >= 4 is 18.1 Å². The van der Waals surface area contributed by atoms with E-state index in [2.05, 4.69) is 0 Å². The lowest BCUT2D eigenvalue weighted by molar-refractivity contribution is -0.124. The molecule has 1 saturated carbocycles. The standard InChI is InChI=1S/C18H19NO6/c1-22-13-4-2-12(14(10-13)16-23-8-9-24-16)3-5-15(20)19-17(21)25-11-18(19)6-7-18/h2-5,10,16H,6-9,11H2,1H3/b5-3+. The van der Waals surface area contributed by atoms with Gasteiger partial charge in [0, 0.05) is 11.6 Å². The molecule has 1 aromatic rings. The van der Waals surface area contributed by atoms with Crippen molar-refractivity contribution < 1.29 is 28.5 Å². The van der Waals surface area contributed by atoms with Crippen LogP contribution < -0.4 is 4.74 Å². The third-order valence-electron chi connectivity index (χ3n) is 4.74. The predicted octanol–water partition coefficient (Wildman–Crippen LogP) is 2.27. The number of imide groups is 1. The van der Waals surface area contributed by atoms with E-state index in [-0.39, 0.29) is 5.91 Å². The maximum Gasteiger partial charge on any atom is 0.417 e. The van der Waals surface area contributed by atoms with Gasteiger partial charge in [-0.2, -0.15) is 0 Å². The fourth-order valence-corrected chi connectivity index (χ4v) is 3.16. The molecule has 0 atom stereocenters. The molecule has 1 aromatic carbocycles. The zero-order valence-electron chi connectivity index (χ0n) is 13.9. The Balaban J connectivity index is 1.58. The van der Waals surface area contributed by atoms with Crippen molar-refractivity contribution in [2.45, 2.75) is 24.7 Å². The minimum atomic E-state index is -0.565. The number of carbonyl (C=O) groups excluding carboxylic acids is 2. The number of nitrogens with zero attached hydrogens (tertiary/aromatic N) is 1. The Hall–Kier alpha value is -2.38. The van der Waals surface area contributed by atoms with Gasteiger partial charge in [-0.1, -0.05) is 6.07 Å². The van der Waals surface area contributed by atoms with E-state index in [1.807, 2.05) is 12.1 Å². The molecule has 0 bridgehead atoms. The van der Waals surface area contributed by atoms with Crippen molar-refractivity contribution in [1.29, 1.82) is 0 Å². The normalized spacial score (nSPS) is 22.0. The molecule has 132 valence electrons. The fourth-order valence-electron chi connectivity index (χ4n) is 3.16. The van der Waals surface area contributed by atoms with Gasteiger partial charge in [0.1, 0.15) is 12.4 Å². The summed E-state index contributed by atoms with van der Waals surface area (Å²) in [6, 6.07) is 5.46. The Labute approximate surface area is 145 Å². The third-order valence-corrected chi connectivity index (χ3v) is 4.74. The smallest absolute Gasteiger partial charge is 0.417 e. The summed E-state index contributed by atoms with van der Waals surface area (Å²) in [5, 5.41) is 0. The molecule has 2 saturated heterocycles. The summed E-state index contributed by atoms with van der Waals surface area (Å²) < 4.78 is 21.4. The summed E-state index contributed by atoms with van der Waals surface area (Å²) in [5.74, 6) is 0.313. The van der Waals surface area contributed by atoms with Gasteiger partial charge in [0.2, 0.25) is 0 Å². The summed E-state index contributed by atoms with van der Waals surface area (Å²) in [5.41, 5.74) is 1.14. The average molecular weight is 345 g/mol. The Morgan fingerprint density at radius 1 is 1.32 bits per heavy atom. The molecule has 2 amide bonds. The highest BCUT2D eigenvalue weighted by molar-refractivity contribution is 6.03. The lowest BCUT2D eigenvalue weighted by Crippen LogP contribution is -2.39. The zero-order chi connectivity index (χ0) is 17.4. The predicted molar refractivity (Wildman–Crippen MR) is 86.8 cm³/mol. The van der Waals surface area contributed by atoms with Crippen molar-refractivity contribution in [3.05, 3.63) is 35.4 Å². The van der Waals surface area contributed by atoms with E-state index in [0.29, 0.717) is 25.6 Å². The topological polar surface area (TPSA) is 74.3 Å². The van der Waals surface area contributed by atoms with Crippen LogP contribution in [-0.2, 0) is 19.0 Å². The number of hydrogen-bond donors (Lipinski definition) is 0. The van der Waals surface area contributed by atoms with Crippen LogP contribution in [0.15, 0.2) is 24.3 Å². The number of rotatable bonds is 4. The molecule has 2 heterocycles. The Bertz CT molecular complexity index is 733. The second kappa shape index (κ2) is 6.16. The van der Waals surface area contributed by atoms with Crippen LogP contribution in [0.4, 0.5) is 4.79 Å². The Morgan fingerprint density at radius 2 is 2.08 bits per heavy atom. The largest absolute Gasteiger partial charge is 0.497 e. The first-order chi connectivity index (χ1) is 12.1. The van der Waals surface area contributed by atoms with Crippen LogP contribution in [0.2, 0.25) is 0 Å². The number of ether oxygens (including phenoxy) is 4. The lowest BCUT2D eigenvalue weighted by Gasteiger charge is -2.17. The number of cyclic esters (lactones) is 1.